The minimum Gasteiger partial charge on any atom is -0.493 e. The second kappa shape index (κ2) is 5.88. The van der Waals surface area contributed by atoms with E-state index in [2.05, 4.69) is 20.9 Å². The van der Waals surface area contributed by atoms with E-state index in [-0.39, 0.29) is 5.56 Å². The van der Waals surface area contributed by atoms with Gasteiger partial charge >= 0.3 is 0 Å². The molecule has 0 saturated carbocycles. The van der Waals surface area contributed by atoms with Crippen molar-refractivity contribution < 1.29 is 9.47 Å². The standard InChI is InChI=1S/C13H13BrN2O3/c1-18-11-5-6-15-10(12(11)19-2)8-16-7-3-4-9(14)13(16)17/h3-7H,8H2,1-2H3. The highest BCUT2D eigenvalue weighted by atomic mass is 79.9. The quantitative estimate of drug-likeness (QED) is 0.864. The van der Waals surface area contributed by atoms with Crippen LogP contribution in [-0.2, 0) is 6.54 Å². The van der Waals surface area contributed by atoms with E-state index < -0.39 is 0 Å². The van der Waals surface area contributed by atoms with Gasteiger partial charge in [-0.25, -0.2) is 0 Å². The molecular weight excluding hydrogens is 312 g/mol. The van der Waals surface area contributed by atoms with Crippen molar-refractivity contribution in [3.63, 3.8) is 0 Å². The minimum absolute atomic E-state index is 0.117. The topological polar surface area (TPSA) is 53.4 Å². The maximum Gasteiger partial charge on any atom is 0.265 e. The van der Waals surface area contributed by atoms with Crippen LogP contribution >= 0.6 is 15.9 Å². The zero-order valence-corrected chi connectivity index (χ0v) is 12.2. The second-order valence-corrected chi connectivity index (χ2v) is 4.64. The van der Waals surface area contributed by atoms with Crippen molar-refractivity contribution in [1.82, 2.24) is 9.55 Å². The fraction of sp³-hybridized carbons (Fsp3) is 0.231. The molecule has 0 aliphatic rings. The third-order valence-corrected chi connectivity index (χ3v) is 3.26. The van der Waals surface area contributed by atoms with E-state index in [4.69, 9.17) is 9.47 Å². The molecule has 0 bridgehead atoms. The van der Waals surface area contributed by atoms with Crippen LogP contribution in [0.25, 0.3) is 0 Å². The van der Waals surface area contributed by atoms with Gasteiger partial charge in [0.15, 0.2) is 11.5 Å². The lowest BCUT2D eigenvalue weighted by molar-refractivity contribution is 0.348. The number of methoxy groups -OCH3 is 2. The van der Waals surface area contributed by atoms with Crippen LogP contribution < -0.4 is 15.0 Å². The monoisotopic (exact) mass is 324 g/mol. The molecule has 100 valence electrons. The summed E-state index contributed by atoms with van der Waals surface area (Å²) < 4.78 is 12.6. The summed E-state index contributed by atoms with van der Waals surface area (Å²) in [6, 6.07) is 5.21. The van der Waals surface area contributed by atoms with E-state index in [0.29, 0.717) is 28.2 Å². The van der Waals surface area contributed by atoms with Crippen LogP contribution in [0.4, 0.5) is 0 Å². The van der Waals surface area contributed by atoms with Gasteiger partial charge in [0.25, 0.3) is 5.56 Å². The number of ether oxygens (including phenoxy) is 2. The Morgan fingerprint density at radius 2 is 2.11 bits per heavy atom. The first kappa shape index (κ1) is 13.6. The van der Waals surface area contributed by atoms with Gasteiger partial charge in [-0.15, -0.1) is 0 Å². The van der Waals surface area contributed by atoms with Gasteiger partial charge in [-0.3, -0.25) is 9.78 Å². The number of aromatic nitrogens is 2. The Labute approximate surface area is 118 Å². The number of pyridine rings is 2. The van der Waals surface area contributed by atoms with Crippen molar-refractivity contribution in [2.75, 3.05) is 14.2 Å². The molecule has 2 rings (SSSR count). The third-order valence-electron chi connectivity index (χ3n) is 2.66. The Morgan fingerprint density at radius 1 is 1.32 bits per heavy atom. The summed E-state index contributed by atoms with van der Waals surface area (Å²) in [5.41, 5.74) is 0.524. The molecule has 0 aliphatic heterocycles. The van der Waals surface area contributed by atoms with Gasteiger partial charge in [0.05, 0.1) is 25.2 Å². The highest BCUT2D eigenvalue weighted by molar-refractivity contribution is 9.10. The molecule has 2 aromatic rings. The van der Waals surface area contributed by atoms with Crippen molar-refractivity contribution in [3.8, 4) is 11.5 Å². The molecular formula is C13H13BrN2O3. The van der Waals surface area contributed by atoms with Crippen LogP contribution in [0.3, 0.4) is 0 Å². The summed E-state index contributed by atoms with van der Waals surface area (Å²) in [6.45, 7) is 0.318. The normalized spacial score (nSPS) is 10.3. The number of halogens is 1. The fourth-order valence-corrected chi connectivity index (χ4v) is 2.14. The van der Waals surface area contributed by atoms with Gasteiger partial charge in [-0.05, 0) is 28.1 Å². The highest BCUT2D eigenvalue weighted by Gasteiger charge is 2.12. The SMILES string of the molecule is COc1ccnc(Cn2cccc(Br)c2=O)c1OC. The van der Waals surface area contributed by atoms with Crippen LogP contribution in [0.2, 0.25) is 0 Å². The molecule has 19 heavy (non-hydrogen) atoms. The summed E-state index contributed by atoms with van der Waals surface area (Å²) in [4.78, 5) is 16.2. The molecule has 0 radical (unpaired) electrons. The van der Waals surface area contributed by atoms with E-state index in [0.717, 1.165) is 0 Å². The van der Waals surface area contributed by atoms with Crippen LogP contribution in [0.1, 0.15) is 5.69 Å². The average molecular weight is 325 g/mol. The Kier molecular flexibility index (Phi) is 4.21. The van der Waals surface area contributed by atoms with E-state index >= 15 is 0 Å². The lowest BCUT2D eigenvalue weighted by atomic mass is 10.3. The highest BCUT2D eigenvalue weighted by Crippen LogP contribution is 2.29. The summed E-state index contributed by atoms with van der Waals surface area (Å²) in [7, 11) is 3.11. The molecule has 0 N–H and O–H groups in total. The molecule has 0 amide bonds. The van der Waals surface area contributed by atoms with Crippen LogP contribution in [-0.4, -0.2) is 23.8 Å². The zero-order valence-electron chi connectivity index (χ0n) is 10.6. The molecule has 0 saturated heterocycles. The fourth-order valence-electron chi connectivity index (χ4n) is 1.76. The first-order valence-electron chi connectivity index (χ1n) is 5.58. The molecule has 2 heterocycles. The molecule has 6 heteroatoms. The summed E-state index contributed by atoms with van der Waals surface area (Å²) in [5.74, 6) is 1.13. The van der Waals surface area contributed by atoms with Gasteiger partial charge in [0.2, 0.25) is 0 Å². The van der Waals surface area contributed by atoms with Gasteiger partial charge in [-0.1, -0.05) is 0 Å². The Balaban J connectivity index is 2.44. The molecule has 5 nitrogen and oxygen atoms in total. The summed E-state index contributed by atoms with van der Waals surface area (Å²) >= 11 is 3.21. The number of hydrogen-bond acceptors (Lipinski definition) is 4. The van der Waals surface area contributed by atoms with E-state index in [1.54, 1.807) is 49.4 Å². The number of nitrogens with zero attached hydrogens (tertiary/aromatic N) is 2. The summed E-state index contributed by atoms with van der Waals surface area (Å²) in [6.07, 6.45) is 3.33. The first-order valence-corrected chi connectivity index (χ1v) is 6.37. The van der Waals surface area contributed by atoms with E-state index in [1.807, 2.05) is 0 Å². The lowest BCUT2D eigenvalue weighted by Crippen LogP contribution is -2.21. The first-order chi connectivity index (χ1) is 9.17. The van der Waals surface area contributed by atoms with E-state index in [9.17, 15) is 4.79 Å². The Morgan fingerprint density at radius 3 is 2.79 bits per heavy atom. The molecule has 0 aliphatic carbocycles. The minimum atomic E-state index is -0.117. The van der Waals surface area contributed by atoms with Gasteiger partial charge in [0, 0.05) is 18.5 Å². The maximum atomic E-state index is 11.9. The molecule has 0 unspecified atom stereocenters. The van der Waals surface area contributed by atoms with Gasteiger partial charge in [0.1, 0.15) is 5.69 Å². The van der Waals surface area contributed by atoms with Crippen molar-refractivity contribution in [1.29, 1.82) is 0 Å². The zero-order chi connectivity index (χ0) is 13.8. The predicted octanol–water partition coefficient (Wildman–Crippen LogP) is 2.07. The van der Waals surface area contributed by atoms with E-state index in [1.165, 1.54) is 0 Å². The third kappa shape index (κ3) is 2.78. The average Bonchev–Trinajstić information content (AvgIpc) is 2.43. The maximum absolute atomic E-state index is 11.9. The van der Waals surface area contributed by atoms with Crippen molar-refractivity contribution in [3.05, 3.63) is 51.1 Å². The largest absolute Gasteiger partial charge is 0.493 e. The van der Waals surface area contributed by atoms with Crippen molar-refractivity contribution >= 4 is 15.9 Å². The lowest BCUT2D eigenvalue weighted by Gasteiger charge is -2.12. The Bertz CT molecular complexity index is 640. The van der Waals surface area contributed by atoms with Crippen molar-refractivity contribution in [2.45, 2.75) is 6.54 Å². The van der Waals surface area contributed by atoms with Crippen molar-refractivity contribution in [2.24, 2.45) is 0 Å². The number of hydrogen-bond donors (Lipinski definition) is 0. The van der Waals surface area contributed by atoms with Gasteiger partial charge in [-0.2, -0.15) is 0 Å². The molecule has 2 aromatic heterocycles. The van der Waals surface area contributed by atoms with Crippen LogP contribution in [0.5, 0.6) is 11.5 Å². The molecule has 0 atom stereocenters. The molecule has 0 aromatic carbocycles. The molecule has 0 fully saturated rings. The second-order valence-electron chi connectivity index (χ2n) is 3.78. The number of rotatable bonds is 4. The van der Waals surface area contributed by atoms with Crippen LogP contribution in [0, 0.1) is 0 Å². The Hall–Kier alpha value is -1.82. The molecule has 0 spiro atoms. The van der Waals surface area contributed by atoms with Gasteiger partial charge < -0.3 is 14.0 Å². The van der Waals surface area contributed by atoms with Crippen LogP contribution in [0.15, 0.2) is 39.9 Å². The predicted molar refractivity (Wildman–Crippen MR) is 74.8 cm³/mol. The smallest absolute Gasteiger partial charge is 0.265 e. The summed E-state index contributed by atoms with van der Waals surface area (Å²) in [5, 5.41) is 0.